The molecular formula is C19H22N4O3S. The fraction of sp³-hybridized carbons (Fsp3) is 0.421. The van der Waals surface area contributed by atoms with Gasteiger partial charge in [-0.1, -0.05) is 18.2 Å². The van der Waals surface area contributed by atoms with Crippen molar-refractivity contribution in [1.82, 2.24) is 14.9 Å². The number of sulfone groups is 1. The summed E-state index contributed by atoms with van der Waals surface area (Å²) in [6.07, 6.45) is 3.92. The number of anilines is 2. The number of amides is 1. The third-order valence-corrected chi connectivity index (χ3v) is 7.09. The zero-order valence-corrected chi connectivity index (χ0v) is 16.0. The average molecular weight is 386 g/mol. The van der Waals surface area contributed by atoms with Gasteiger partial charge in [0.05, 0.1) is 11.5 Å². The Morgan fingerprint density at radius 1 is 1.26 bits per heavy atom. The van der Waals surface area contributed by atoms with E-state index in [2.05, 4.69) is 27.0 Å². The maximum Gasteiger partial charge on any atom is 0.272 e. The molecule has 142 valence electrons. The number of carbonyl (C=O) groups is 1. The first-order chi connectivity index (χ1) is 12.9. The molecule has 4 rings (SSSR count). The first-order valence-electron chi connectivity index (χ1n) is 9.10. The number of hydrogen-bond donors (Lipinski definition) is 0. The first-order valence-corrected chi connectivity index (χ1v) is 10.9. The van der Waals surface area contributed by atoms with Crippen LogP contribution in [0.1, 0.15) is 28.9 Å². The summed E-state index contributed by atoms with van der Waals surface area (Å²) in [6, 6.07) is 9.61. The summed E-state index contributed by atoms with van der Waals surface area (Å²) in [6.45, 7) is 0.832. The number of fused-ring (bicyclic) bond motifs is 1. The van der Waals surface area contributed by atoms with Gasteiger partial charge in [-0.3, -0.25) is 4.79 Å². The van der Waals surface area contributed by atoms with Crippen LogP contribution in [0.3, 0.4) is 0 Å². The number of para-hydroxylation sites is 1. The molecule has 7 nitrogen and oxygen atoms in total. The highest BCUT2D eigenvalue weighted by Crippen LogP contribution is 2.32. The number of hydrogen-bond acceptors (Lipinski definition) is 6. The van der Waals surface area contributed by atoms with Crippen LogP contribution in [0.2, 0.25) is 0 Å². The molecule has 27 heavy (non-hydrogen) atoms. The van der Waals surface area contributed by atoms with E-state index in [0.717, 1.165) is 25.1 Å². The molecule has 1 aromatic carbocycles. The zero-order valence-electron chi connectivity index (χ0n) is 15.2. The molecule has 1 fully saturated rings. The fourth-order valence-electron chi connectivity index (χ4n) is 3.81. The summed E-state index contributed by atoms with van der Waals surface area (Å²) >= 11 is 0. The molecule has 0 spiro atoms. The Kier molecular flexibility index (Phi) is 4.59. The van der Waals surface area contributed by atoms with Gasteiger partial charge < -0.3 is 9.80 Å². The normalized spacial score (nSPS) is 20.9. The van der Waals surface area contributed by atoms with Crippen molar-refractivity contribution in [3.8, 4) is 0 Å². The Balaban J connectivity index is 1.59. The van der Waals surface area contributed by atoms with Crippen molar-refractivity contribution in [3.05, 3.63) is 47.9 Å². The maximum atomic E-state index is 12.8. The second-order valence-electron chi connectivity index (χ2n) is 7.12. The largest absolute Gasteiger partial charge is 0.336 e. The van der Waals surface area contributed by atoms with Crippen LogP contribution in [0, 0.1) is 0 Å². The molecule has 2 aromatic rings. The van der Waals surface area contributed by atoms with Crippen molar-refractivity contribution in [3.63, 3.8) is 0 Å². The standard InChI is InChI=1S/C19H22N4O3S/c1-22(15-8-10-27(25,26)12-15)19(24)16-11-18(21-13-20-16)23-9-4-6-14-5-2-3-7-17(14)23/h2-3,5,7,11,13,15H,4,6,8-10,12H2,1H3. The Morgan fingerprint density at radius 2 is 2.07 bits per heavy atom. The number of benzene rings is 1. The van der Waals surface area contributed by atoms with Crippen LogP contribution in [0.4, 0.5) is 11.5 Å². The number of nitrogens with zero attached hydrogens (tertiary/aromatic N) is 4. The highest BCUT2D eigenvalue weighted by molar-refractivity contribution is 7.91. The predicted octanol–water partition coefficient (Wildman–Crippen LogP) is 1.82. The molecular weight excluding hydrogens is 364 g/mol. The summed E-state index contributed by atoms with van der Waals surface area (Å²) in [7, 11) is -1.41. The lowest BCUT2D eigenvalue weighted by Crippen LogP contribution is -2.38. The van der Waals surface area contributed by atoms with Crippen molar-refractivity contribution >= 4 is 27.2 Å². The average Bonchev–Trinajstić information content (AvgIpc) is 3.06. The summed E-state index contributed by atoms with van der Waals surface area (Å²) < 4.78 is 23.4. The minimum absolute atomic E-state index is 0.0205. The number of aryl methyl sites for hydroxylation is 1. The third-order valence-electron chi connectivity index (χ3n) is 5.34. The van der Waals surface area contributed by atoms with Crippen LogP contribution < -0.4 is 4.90 Å². The van der Waals surface area contributed by atoms with Gasteiger partial charge in [-0.2, -0.15) is 0 Å². The van der Waals surface area contributed by atoms with Crippen LogP contribution in [-0.4, -0.2) is 60.3 Å². The summed E-state index contributed by atoms with van der Waals surface area (Å²) in [5, 5.41) is 0. The lowest BCUT2D eigenvalue weighted by atomic mass is 10.0. The lowest BCUT2D eigenvalue weighted by molar-refractivity contribution is 0.0741. The summed E-state index contributed by atoms with van der Waals surface area (Å²) in [5.41, 5.74) is 2.66. The molecule has 1 amide bonds. The van der Waals surface area contributed by atoms with E-state index in [1.54, 1.807) is 13.1 Å². The quantitative estimate of drug-likeness (QED) is 0.800. The monoisotopic (exact) mass is 386 g/mol. The topological polar surface area (TPSA) is 83.5 Å². The highest BCUT2D eigenvalue weighted by atomic mass is 32.2. The van der Waals surface area contributed by atoms with Gasteiger partial charge >= 0.3 is 0 Å². The SMILES string of the molecule is CN(C(=O)c1cc(N2CCCc3ccccc32)ncn1)C1CCS(=O)(=O)C1. The summed E-state index contributed by atoms with van der Waals surface area (Å²) in [5.74, 6) is 0.570. The molecule has 8 heteroatoms. The fourth-order valence-corrected chi connectivity index (χ4v) is 5.58. The molecule has 0 bridgehead atoms. The van der Waals surface area contributed by atoms with E-state index in [1.165, 1.54) is 16.8 Å². The van der Waals surface area contributed by atoms with Gasteiger partial charge in [-0.15, -0.1) is 0 Å². The van der Waals surface area contributed by atoms with Crippen molar-refractivity contribution in [2.75, 3.05) is 30.0 Å². The lowest BCUT2D eigenvalue weighted by Gasteiger charge is -2.30. The minimum atomic E-state index is -3.05. The maximum absolute atomic E-state index is 12.8. The van der Waals surface area contributed by atoms with Gasteiger partial charge in [0.2, 0.25) is 0 Å². The molecule has 0 N–H and O–H groups in total. The first kappa shape index (κ1) is 17.9. The van der Waals surface area contributed by atoms with Gasteiger partial charge in [-0.25, -0.2) is 18.4 Å². The van der Waals surface area contributed by atoms with Crippen molar-refractivity contribution in [2.45, 2.75) is 25.3 Å². The van der Waals surface area contributed by atoms with E-state index in [0.29, 0.717) is 12.2 Å². The Hall–Kier alpha value is -2.48. The summed E-state index contributed by atoms with van der Waals surface area (Å²) in [4.78, 5) is 25.0. The van der Waals surface area contributed by atoms with Gasteiger partial charge in [0.25, 0.3) is 5.91 Å². The molecule has 2 aliphatic heterocycles. The second-order valence-corrected chi connectivity index (χ2v) is 9.35. The molecule has 1 aromatic heterocycles. The van der Waals surface area contributed by atoms with Crippen molar-refractivity contribution < 1.29 is 13.2 Å². The molecule has 1 unspecified atom stereocenters. The third kappa shape index (κ3) is 3.53. The van der Waals surface area contributed by atoms with E-state index >= 15 is 0 Å². The van der Waals surface area contributed by atoms with E-state index in [-0.39, 0.29) is 29.1 Å². The second kappa shape index (κ2) is 6.92. The molecule has 1 atom stereocenters. The van der Waals surface area contributed by atoms with Gasteiger partial charge in [-0.05, 0) is 30.9 Å². The van der Waals surface area contributed by atoms with Crippen LogP contribution in [0.5, 0.6) is 0 Å². The van der Waals surface area contributed by atoms with Gasteiger partial charge in [0, 0.05) is 31.4 Å². The van der Waals surface area contributed by atoms with E-state index in [4.69, 9.17) is 0 Å². The Morgan fingerprint density at radius 3 is 2.85 bits per heavy atom. The molecule has 1 saturated heterocycles. The van der Waals surface area contributed by atoms with E-state index in [9.17, 15) is 13.2 Å². The van der Waals surface area contributed by atoms with Crippen LogP contribution in [0.15, 0.2) is 36.7 Å². The molecule has 2 aliphatic rings. The van der Waals surface area contributed by atoms with Gasteiger partial charge in [0.15, 0.2) is 9.84 Å². The van der Waals surface area contributed by atoms with E-state index in [1.807, 2.05) is 12.1 Å². The minimum Gasteiger partial charge on any atom is -0.336 e. The van der Waals surface area contributed by atoms with E-state index < -0.39 is 9.84 Å². The van der Waals surface area contributed by atoms with Crippen molar-refractivity contribution in [1.29, 1.82) is 0 Å². The molecule has 0 aliphatic carbocycles. The number of aromatic nitrogens is 2. The van der Waals surface area contributed by atoms with Crippen LogP contribution >= 0.6 is 0 Å². The molecule has 3 heterocycles. The number of carbonyl (C=O) groups excluding carboxylic acids is 1. The Labute approximate surface area is 159 Å². The number of rotatable bonds is 3. The zero-order chi connectivity index (χ0) is 19.0. The van der Waals surface area contributed by atoms with Gasteiger partial charge in [0.1, 0.15) is 17.8 Å². The smallest absolute Gasteiger partial charge is 0.272 e. The molecule has 0 radical (unpaired) electrons. The van der Waals surface area contributed by atoms with Crippen LogP contribution in [0.25, 0.3) is 0 Å². The van der Waals surface area contributed by atoms with Crippen LogP contribution in [-0.2, 0) is 16.3 Å². The molecule has 0 saturated carbocycles. The van der Waals surface area contributed by atoms with Crippen molar-refractivity contribution in [2.24, 2.45) is 0 Å². The highest BCUT2D eigenvalue weighted by Gasteiger charge is 2.33. The predicted molar refractivity (Wildman–Crippen MR) is 103 cm³/mol. The Bertz CT molecular complexity index is 976.